The predicted octanol–water partition coefficient (Wildman–Crippen LogP) is 3.75. The summed E-state index contributed by atoms with van der Waals surface area (Å²) in [6, 6.07) is 18.0. The number of carbonyl (C=O) groups is 1. The number of fused-ring (bicyclic) bond motifs is 2. The normalized spacial score (nSPS) is 11.0. The van der Waals surface area contributed by atoms with Gasteiger partial charge in [-0.3, -0.25) is 9.89 Å². The molecule has 4 aromatic rings. The number of hydrogen-bond acceptors (Lipinski definition) is 3. The van der Waals surface area contributed by atoms with Crippen molar-refractivity contribution in [2.75, 3.05) is 14.2 Å². The molecule has 1 aromatic heterocycles. The number of amides is 1. The molecule has 0 aliphatic heterocycles. The van der Waals surface area contributed by atoms with Crippen molar-refractivity contribution < 1.29 is 9.53 Å². The lowest BCUT2D eigenvalue weighted by Gasteiger charge is -2.08. The minimum Gasteiger partial charge on any atom is -0.496 e. The van der Waals surface area contributed by atoms with Gasteiger partial charge in [-0.25, -0.2) is 0 Å². The lowest BCUT2D eigenvalue weighted by Crippen LogP contribution is -2.18. The van der Waals surface area contributed by atoms with Gasteiger partial charge in [0.15, 0.2) is 0 Å². The second kappa shape index (κ2) is 5.94. The number of rotatable bonds is 3. The SMILES string of the molecule is CNC(=O)c1cc2c(-c3ccc4ccccc4c3)n[nH]c2cc1OC. The predicted molar refractivity (Wildman–Crippen MR) is 99.0 cm³/mol. The molecule has 0 aliphatic carbocycles. The molecule has 5 nitrogen and oxygen atoms in total. The molecule has 5 heteroatoms. The van der Waals surface area contributed by atoms with E-state index in [0.29, 0.717) is 11.3 Å². The summed E-state index contributed by atoms with van der Waals surface area (Å²) in [5.41, 5.74) is 3.13. The Morgan fingerprint density at radius 2 is 1.88 bits per heavy atom. The van der Waals surface area contributed by atoms with Crippen molar-refractivity contribution in [2.24, 2.45) is 0 Å². The van der Waals surface area contributed by atoms with E-state index >= 15 is 0 Å². The number of benzene rings is 3. The van der Waals surface area contributed by atoms with E-state index in [1.165, 1.54) is 5.39 Å². The van der Waals surface area contributed by atoms with E-state index in [1.54, 1.807) is 20.2 Å². The second-order valence-corrected chi connectivity index (χ2v) is 5.81. The van der Waals surface area contributed by atoms with Crippen molar-refractivity contribution in [3.05, 3.63) is 60.2 Å². The van der Waals surface area contributed by atoms with Crippen molar-refractivity contribution in [1.82, 2.24) is 15.5 Å². The van der Waals surface area contributed by atoms with Gasteiger partial charge in [0.1, 0.15) is 5.75 Å². The number of methoxy groups -OCH3 is 1. The maximum Gasteiger partial charge on any atom is 0.254 e. The van der Waals surface area contributed by atoms with Crippen LogP contribution >= 0.6 is 0 Å². The molecule has 1 amide bonds. The van der Waals surface area contributed by atoms with Crippen LogP contribution in [0.4, 0.5) is 0 Å². The van der Waals surface area contributed by atoms with Gasteiger partial charge in [0.2, 0.25) is 0 Å². The highest BCUT2D eigenvalue weighted by atomic mass is 16.5. The first-order valence-electron chi connectivity index (χ1n) is 7.98. The fraction of sp³-hybridized carbons (Fsp3) is 0.100. The van der Waals surface area contributed by atoms with Gasteiger partial charge in [0, 0.05) is 24.1 Å². The Hall–Kier alpha value is -3.34. The Morgan fingerprint density at radius 1 is 1.08 bits per heavy atom. The third-order valence-corrected chi connectivity index (χ3v) is 4.38. The Bertz CT molecular complexity index is 1100. The van der Waals surface area contributed by atoms with Crippen molar-refractivity contribution in [3.63, 3.8) is 0 Å². The zero-order chi connectivity index (χ0) is 17.4. The van der Waals surface area contributed by atoms with Crippen LogP contribution in [0.1, 0.15) is 10.4 Å². The Labute approximate surface area is 144 Å². The Morgan fingerprint density at radius 3 is 2.64 bits per heavy atom. The highest BCUT2D eigenvalue weighted by Crippen LogP contribution is 2.32. The van der Waals surface area contributed by atoms with Gasteiger partial charge in [-0.05, 0) is 22.9 Å². The first-order chi connectivity index (χ1) is 12.2. The van der Waals surface area contributed by atoms with E-state index in [1.807, 2.05) is 24.3 Å². The van der Waals surface area contributed by atoms with Crippen LogP contribution in [0.3, 0.4) is 0 Å². The van der Waals surface area contributed by atoms with E-state index in [4.69, 9.17) is 4.74 Å². The van der Waals surface area contributed by atoms with Crippen molar-refractivity contribution in [3.8, 4) is 17.0 Å². The zero-order valence-electron chi connectivity index (χ0n) is 14.0. The molecule has 0 radical (unpaired) electrons. The van der Waals surface area contributed by atoms with Gasteiger partial charge in [0.05, 0.1) is 23.9 Å². The molecule has 0 bridgehead atoms. The maximum absolute atomic E-state index is 12.2. The average Bonchev–Trinajstić information content (AvgIpc) is 3.08. The highest BCUT2D eigenvalue weighted by Gasteiger charge is 2.16. The van der Waals surface area contributed by atoms with Crippen LogP contribution < -0.4 is 10.1 Å². The van der Waals surface area contributed by atoms with E-state index < -0.39 is 0 Å². The van der Waals surface area contributed by atoms with Crippen LogP contribution in [-0.4, -0.2) is 30.3 Å². The molecule has 4 rings (SSSR count). The molecule has 2 N–H and O–H groups in total. The van der Waals surface area contributed by atoms with E-state index in [0.717, 1.165) is 27.5 Å². The standard InChI is InChI=1S/C20H17N3O2/c1-21-20(24)16-10-15-17(11-18(16)25-2)22-23-19(15)14-8-7-12-5-3-4-6-13(12)9-14/h3-11H,1-2H3,(H,21,24)(H,22,23). The topological polar surface area (TPSA) is 67.0 Å². The van der Waals surface area contributed by atoms with Gasteiger partial charge in [-0.2, -0.15) is 5.10 Å². The average molecular weight is 331 g/mol. The summed E-state index contributed by atoms with van der Waals surface area (Å²) in [5.74, 6) is 0.324. The molecule has 0 aliphatic rings. The summed E-state index contributed by atoms with van der Waals surface area (Å²) < 4.78 is 5.34. The number of ether oxygens (including phenoxy) is 1. The van der Waals surface area contributed by atoms with Crippen molar-refractivity contribution >= 4 is 27.6 Å². The van der Waals surface area contributed by atoms with Crippen LogP contribution in [0.5, 0.6) is 5.75 Å². The van der Waals surface area contributed by atoms with E-state index in [2.05, 4.69) is 39.8 Å². The molecule has 124 valence electrons. The lowest BCUT2D eigenvalue weighted by atomic mass is 10.0. The fourth-order valence-corrected chi connectivity index (χ4v) is 3.08. The summed E-state index contributed by atoms with van der Waals surface area (Å²) in [6.45, 7) is 0. The van der Waals surface area contributed by atoms with Gasteiger partial charge in [-0.15, -0.1) is 0 Å². The summed E-state index contributed by atoms with van der Waals surface area (Å²) in [5, 5.41) is 13.4. The highest BCUT2D eigenvalue weighted by molar-refractivity contribution is 6.04. The van der Waals surface area contributed by atoms with Crippen LogP contribution in [0.2, 0.25) is 0 Å². The summed E-state index contributed by atoms with van der Waals surface area (Å²) in [7, 11) is 3.15. The number of aromatic nitrogens is 2. The first kappa shape index (κ1) is 15.2. The summed E-state index contributed by atoms with van der Waals surface area (Å²) in [4.78, 5) is 12.2. The molecule has 0 unspecified atom stereocenters. The lowest BCUT2D eigenvalue weighted by molar-refractivity contribution is 0.0960. The van der Waals surface area contributed by atoms with Crippen LogP contribution in [0.15, 0.2) is 54.6 Å². The number of H-pyrrole nitrogens is 1. The quantitative estimate of drug-likeness (QED) is 0.601. The number of hydrogen-bond donors (Lipinski definition) is 2. The fourth-order valence-electron chi connectivity index (χ4n) is 3.08. The summed E-state index contributed by atoms with van der Waals surface area (Å²) >= 11 is 0. The third kappa shape index (κ3) is 2.50. The minimum atomic E-state index is -0.190. The monoisotopic (exact) mass is 331 g/mol. The number of carbonyl (C=O) groups excluding carboxylic acids is 1. The first-order valence-corrected chi connectivity index (χ1v) is 7.98. The molecule has 0 atom stereocenters. The van der Waals surface area contributed by atoms with Crippen LogP contribution in [0, 0.1) is 0 Å². The van der Waals surface area contributed by atoms with Crippen molar-refractivity contribution in [1.29, 1.82) is 0 Å². The number of nitrogens with zero attached hydrogens (tertiary/aromatic N) is 1. The molecule has 3 aromatic carbocycles. The molecule has 0 fully saturated rings. The van der Waals surface area contributed by atoms with Crippen LogP contribution in [-0.2, 0) is 0 Å². The number of aromatic amines is 1. The molecule has 1 heterocycles. The molecular formula is C20H17N3O2. The summed E-state index contributed by atoms with van der Waals surface area (Å²) in [6.07, 6.45) is 0. The molecule has 0 saturated heterocycles. The largest absolute Gasteiger partial charge is 0.496 e. The second-order valence-electron chi connectivity index (χ2n) is 5.81. The van der Waals surface area contributed by atoms with Gasteiger partial charge in [0.25, 0.3) is 5.91 Å². The van der Waals surface area contributed by atoms with Crippen LogP contribution in [0.25, 0.3) is 32.9 Å². The zero-order valence-corrected chi connectivity index (χ0v) is 14.0. The smallest absolute Gasteiger partial charge is 0.254 e. The van der Waals surface area contributed by atoms with E-state index in [9.17, 15) is 4.79 Å². The maximum atomic E-state index is 12.2. The molecule has 25 heavy (non-hydrogen) atoms. The molecule has 0 saturated carbocycles. The molecular weight excluding hydrogens is 314 g/mol. The minimum absolute atomic E-state index is 0.190. The van der Waals surface area contributed by atoms with Crippen molar-refractivity contribution in [2.45, 2.75) is 0 Å². The van der Waals surface area contributed by atoms with E-state index in [-0.39, 0.29) is 5.91 Å². The van der Waals surface area contributed by atoms with Gasteiger partial charge in [-0.1, -0.05) is 36.4 Å². The molecule has 0 spiro atoms. The Kier molecular flexibility index (Phi) is 3.61. The van der Waals surface area contributed by atoms with Gasteiger partial charge >= 0.3 is 0 Å². The van der Waals surface area contributed by atoms with Gasteiger partial charge < -0.3 is 10.1 Å². The Balaban J connectivity index is 1.93. The number of nitrogens with one attached hydrogen (secondary N) is 2. The third-order valence-electron chi connectivity index (χ3n) is 4.38.